The molecule has 0 unspecified atom stereocenters. The number of aromatic amines is 1. The van der Waals surface area contributed by atoms with Crippen LogP contribution >= 0.6 is 0 Å². The number of Topliss-reactive ketones (excluding diaryl/α,β-unsaturated/α-hetero) is 1. The molecule has 1 fully saturated rings. The molecule has 1 saturated carbocycles. The van der Waals surface area contributed by atoms with E-state index in [0.29, 0.717) is 11.7 Å². The molecule has 5 rings (SSSR count). The number of benzene rings is 1. The zero-order chi connectivity index (χ0) is 25.1. The minimum absolute atomic E-state index is 0.0420. The Morgan fingerprint density at radius 1 is 1.28 bits per heavy atom. The maximum absolute atomic E-state index is 13.2. The number of hydrogen-bond donors (Lipinski definition) is 3. The molecule has 0 amide bonds. The molecule has 2 aromatic heterocycles. The highest BCUT2D eigenvalue weighted by atomic mass is 16.5. The summed E-state index contributed by atoms with van der Waals surface area (Å²) in [6.07, 6.45) is 10.1. The van der Waals surface area contributed by atoms with Crippen LogP contribution in [0.4, 0.5) is 5.69 Å². The third-order valence-electron chi connectivity index (χ3n) is 6.63. The van der Waals surface area contributed by atoms with E-state index >= 15 is 0 Å². The Hall–Kier alpha value is -3.91. The SMILES string of the molecule is CCOC(=O)C1=C(Nc2ccc(CNC3CCCC3)cc2C)OC(=Cc2c[nH]c3ncccc23)C1=O. The molecule has 1 aromatic carbocycles. The number of carbonyl (C=O) groups is 2. The average Bonchev–Trinajstić information content (AvgIpc) is 3.60. The molecule has 8 heteroatoms. The first-order valence-electron chi connectivity index (χ1n) is 12.4. The first-order chi connectivity index (χ1) is 17.5. The van der Waals surface area contributed by atoms with Gasteiger partial charge in [-0.2, -0.15) is 0 Å². The molecule has 1 aliphatic carbocycles. The van der Waals surface area contributed by atoms with Crippen LogP contribution in [0.3, 0.4) is 0 Å². The summed E-state index contributed by atoms with van der Waals surface area (Å²) in [5.74, 6) is -1.13. The molecule has 0 atom stereocenters. The van der Waals surface area contributed by atoms with Crippen molar-refractivity contribution in [2.45, 2.75) is 52.1 Å². The molecule has 1 aliphatic heterocycles. The summed E-state index contributed by atoms with van der Waals surface area (Å²) in [6, 6.07) is 10.4. The Morgan fingerprint density at radius 3 is 2.89 bits per heavy atom. The molecule has 8 nitrogen and oxygen atoms in total. The summed E-state index contributed by atoms with van der Waals surface area (Å²) in [6.45, 7) is 4.64. The van der Waals surface area contributed by atoms with Crippen molar-refractivity contribution in [3.8, 4) is 0 Å². The number of nitrogens with one attached hydrogen (secondary N) is 3. The summed E-state index contributed by atoms with van der Waals surface area (Å²) >= 11 is 0. The van der Waals surface area contributed by atoms with Gasteiger partial charge in [-0.1, -0.05) is 25.0 Å². The number of aromatic nitrogens is 2. The Kier molecular flexibility index (Phi) is 6.86. The molecular weight excluding hydrogens is 456 g/mol. The number of aryl methyl sites for hydroxylation is 1. The van der Waals surface area contributed by atoms with Crippen LogP contribution in [0.2, 0.25) is 0 Å². The summed E-state index contributed by atoms with van der Waals surface area (Å²) < 4.78 is 11.1. The number of H-pyrrole nitrogens is 1. The van der Waals surface area contributed by atoms with E-state index in [1.807, 2.05) is 31.2 Å². The van der Waals surface area contributed by atoms with Crippen molar-refractivity contribution in [1.82, 2.24) is 15.3 Å². The third kappa shape index (κ3) is 4.90. The van der Waals surface area contributed by atoms with Crippen LogP contribution in [0.5, 0.6) is 0 Å². The minimum atomic E-state index is -0.718. The van der Waals surface area contributed by atoms with Gasteiger partial charge in [0.2, 0.25) is 11.7 Å². The second-order valence-electron chi connectivity index (χ2n) is 9.14. The number of anilines is 1. The van der Waals surface area contributed by atoms with Gasteiger partial charge >= 0.3 is 5.97 Å². The number of pyridine rings is 1. The number of nitrogens with zero attached hydrogens (tertiary/aromatic N) is 1. The van der Waals surface area contributed by atoms with Gasteiger partial charge in [-0.15, -0.1) is 0 Å². The van der Waals surface area contributed by atoms with Crippen molar-refractivity contribution in [2.75, 3.05) is 11.9 Å². The number of hydrogen-bond acceptors (Lipinski definition) is 7. The van der Waals surface area contributed by atoms with E-state index in [1.54, 1.807) is 25.4 Å². The number of carbonyl (C=O) groups excluding carboxylic acids is 2. The lowest BCUT2D eigenvalue weighted by molar-refractivity contribution is -0.139. The Morgan fingerprint density at radius 2 is 2.11 bits per heavy atom. The highest BCUT2D eigenvalue weighted by Gasteiger charge is 2.37. The van der Waals surface area contributed by atoms with Crippen molar-refractivity contribution < 1.29 is 19.1 Å². The number of ether oxygens (including phenoxy) is 2. The number of allylic oxidation sites excluding steroid dienone is 1. The summed E-state index contributed by atoms with van der Waals surface area (Å²) in [5, 5.41) is 7.62. The zero-order valence-electron chi connectivity index (χ0n) is 20.5. The maximum Gasteiger partial charge on any atom is 0.347 e. The maximum atomic E-state index is 13.2. The van der Waals surface area contributed by atoms with E-state index in [9.17, 15) is 9.59 Å². The van der Waals surface area contributed by atoms with Crippen molar-refractivity contribution in [3.63, 3.8) is 0 Å². The zero-order valence-corrected chi connectivity index (χ0v) is 20.5. The van der Waals surface area contributed by atoms with E-state index in [2.05, 4.69) is 26.7 Å². The van der Waals surface area contributed by atoms with Gasteiger partial charge in [0.15, 0.2) is 11.3 Å². The first-order valence-corrected chi connectivity index (χ1v) is 12.4. The second kappa shape index (κ2) is 10.4. The fourth-order valence-electron chi connectivity index (χ4n) is 4.73. The fourth-order valence-corrected chi connectivity index (χ4v) is 4.73. The number of esters is 1. The summed E-state index contributed by atoms with van der Waals surface area (Å²) in [4.78, 5) is 33.3. The second-order valence-corrected chi connectivity index (χ2v) is 9.14. The van der Waals surface area contributed by atoms with Crippen LogP contribution in [0.15, 0.2) is 59.9 Å². The fraction of sp³-hybridized carbons (Fsp3) is 0.321. The molecule has 0 saturated heterocycles. The van der Waals surface area contributed by atoms with Crippen molar-refractivity contribution in [3.05, 3.63) is 76.6 Å². The van der Waals surface area contributed by atoms with Gasteiger partial charge in [-0.05, 0) is 62.1 Å². The molecule has 0 radical (unpaired) electrons. The van der Waals surface area contributed by atoms with Crippen LogP contribution in [-0.4, -0.2) is 34.4 Å². The molecular formula is C28H30N4O4. The quantitative estimate of drug-likeness (QED) is 0.240. The van der Waals surface area contributed by atoms with E-state index in [4.69, 9.17) is 9.47 Å². The highest BCUT2D eigenvalue weighted by molar-refractivity contribution is 6.26. The molecule has 0 spiro atoms. The van der Waals surface area contributed by atoms with Crippen LogP contribution in [0, 0.1) is 6.92 Å². The predicted molar refractivity (Wildman–Crippen MR) is 138 cm³/mol. The average molecular weight is 487 g/mol. The Bertz CT molecular complexity index is 1360. The van der Waals surface area contributed by atoms with Gasteiger partial charge in [-0.25, -0.2) is 9.78 Å². The monoisotopic (exact) mass is 486 g/mol. The van der Waals surface area contributed by atoms with Crippen LogP contribution < -0.4 is 10.6 Å². The normalized spacial score (nSPS) is 17.3. The molecule has 36 heavy (non-hydrogen) atoms. The van der Waals surface area contributed by atoms with E-state index in [1.165, 1.54) is 31.2 Å². The van der Waals surface area contributed by atoms with Crippen LogP contribution in [0.1, 0.15) is 49.3 Å². The number of fused-ring (bicyclic) bond motifs is 1. The molecule has 0 bridgehead atoms. The molecule has 3 aromatic rings. The lowest BCUT2D eigenvalue weighted by Gasteiger charge is -2.15. The summed E-state index contributed by atoms with van der Waals surface area (Å²) in [5.41, 5.74) is 4.20. The Balaban J connectivity index is 1.38. The van der Waals surface area contributed by atoms with Gasteiger partial charge in [0.05, 0.1) is 6.61 Å². The largest absolute Gasteiger partial charge is 0.462 e. The third-order valence-corrected chi connectivity index (χ3v) is 6.63. The standard InChI is InChI=1S/C28H30N4O4/c1-3-35-28(34)24-25(33)23(14-19-16-31-26-21(19)9-6-12-29-26)36-27(24)32-22-11-10-18(13-17(22)2)15-30-20-7-4-5-8-20/h6,9-14,16,20,30,32H,3-5,7-8,15H2,1-2H3,(H,29,31). The van der Waals surface area contributed by atoms with E-state index < -0.39 is 11.8 Å². The van der Waals surface area contributed by atoms with Gasteiger partial charge in [0, 0.05) is 41.6 Å². The van der Waals surface area contributed by atoms with Gasteiger partial charge in [0.25, 0.3) is 0 Å². The van der Waals surface area contributed by atoms with E-state index in [0.717, 1.165) is 28.7 Å². The molecule has 3 heterocycles. The van der Waals surface area contributed by atoms with Gasteiger partial charge in [0.1, 0.15) is 5.65 Å². The van der Waals surface area contributed by atoms with Crippen molar-refractivity contribution in [1.29, 1.82) is 0 Å². The topological polar surface area (TPSA) is 105 Å². The van der Waals surface area contributed by atoms with Crippen LogP contribution in [0.25, 0.3) is 17.1 Å². The van der Waals surface area contributed by atoms with Gasteiger partial charge in [-0.3, -0.25) is 4.79 Å². The van der Waals surface area contributed by atoms with Crippen LogP contribution in [-0.2, 0) is 25.6 Å². The van der Waals surface area contributed by atoms with Crippen molar-refractivity contribution in [2.24, 2.45) is 0 Å². The Labute approximate surface area is 209 Å². The lowest BCUT2D eigenvalue weighted by atomic mass is 10.1. The lowest BCUT2D eigenvalue weighted by Crippen LogP contribution is -2.25. The first kappa shape index (κ1) is 23.8. The smallest absolute Gasteiger partial charge is 0.347 e. The van der Waals surface area contributed by atoms with Gasteiger partial charge < -0.3 is 25.1 Å². The van der Waals surface area contributed by atoms with E-state index in [-0.39, 0.29) is 23.8 Å². The summed E-state index contributed by atoms with van der Waals surface area (Å²) in [7, 11) is 0. The highest BCUT2D eigenvalue weighted by Crippen LogP contribution is 2.31. The van der Waals surface area contributed by atoms with Crippen molar-refractivity contribution >= 4 is 34.5 Å². The minimum Gasteiger partial charge on any atom is -0.462 e. The molecule has 2 aliphatic rings. The molecule has 186 valence electrons. The predicted octanol–water partition coefficient (Wildman–Crippen LogP) is 4.73. The number of rotatable bonds is 8. The molecule has 3 N–H and O–H groups in total. The number of ketones is 1.